The maximum atomic E-state index is 13.0. The molecule has 0 heterocycles. The fourth-order valence-corrected chi connectivity index (χ4v) is 1.47. The van der Waals surface area contributed by atoms with Gasteiger partial charge >= 0.3 is 0 Å². The molecule has 17 heavy (non-hydrogen) atoms. The maximum Gasteiger partial charge on any atom is 0.274 e. The molecule has 0 radical (unpaired) electrons. The van der Waals surface area contributed by atoms with Crippen LogP contribution in [0.1, 0.15) is 24.9 Å². The van der Waals surface area contributed by atoms with E-state index in [2.05, 4.69) is 6.58 Å². The maximum absolute atomic E-state index is 13.0. The zero-order valence-corrected chi connectivity index (χ0v) is 10.2. The molecule has 0 fully saturated rings. The molecule has 1 atom stereocenters. The molecule has 6 heteroatoms. The second-order valence-electron chi connectivity index (χ2n) is 3.73. The van der Waals surface area contributed by atoms with Crippen molar-refractivity contribution in [2.24, 2.45) is 5.73 Å². The van der Waals surface area contributed by atoms with Crippen molar-refractivity contribution in [2.45, 2.75) is 19.4 Å². The van der Waals surface area contributed by atoms with Crippen molar-refractivity contribution in [1.82, 2.24) is 0 Å². The van der Waals surface area contributed by atoms with E-state index in [-0.39, 0.29) is 23.7 Å². The molecular formula is C11H14ClFN2O2. The highest BCUT2D eigenvalue weighted by Crippen LogP contribution is 2.27. The molecule has 0 aliphatic carbocycles. The van der Waals surface area contributed by atoms with Crippen LogP contribution in [0, 0.1) is 15.9 Å². The van der Waals surface area contributed by atoms with Gasteiger partial charge in [-0.25, -0.2) is 4.39 Å². The lowest BCUT2D eigenvalue weighted by molar-refractivity contribution is -0.385. The number of nitro benzene ring substituents is 1. The van der Waals surface area contributed by atoms with Gasteiger partial charge in [0.25, 0.3) is 5.69 Å². The number of benzene rings is 1. The van der Waals surface area contributed by atoms with Crippen LogP contribution in [0.3, 0.4) is 0 Å². The first-order chi connectivity index (χ1) is 7.41. The minimum Gasteiger partial charge on any atom is -0.323 e. The lowest BCUT2D eigenvalue weighted by Gasteiger charge is -2.12. The third kappa shape index (κ3) is 4.13. The van der Waals surface area contributed by atoms with Gasteiger partial charge in [-0.15, -0.1) is 19.0 Å². The van der Waals surface area contributed by atoms with E-state index >= 15 is 0 Å². The summed E-state index contributed by atoms with van der Waals surface area (Å²) in [6.07, 6.45) is 0.393. The second kappa shape index (κ2) is 6.32. The molecule has 2 N–H and O–H groups in total. The van der Waals surface area contributed by atoms with Crippen molar-refractivity contribution in [3.05, 3.63) is 51.8 Å². The Morgan fingerprint density at radius 2 is 2.24 bits per heavy atom. The lowest BCUT2D eigenvalue weighted by Crippen LogP contribution is -2.13. The van der Waals surface area contributed by atoms with Crippen molar-refractivity contribution < 1.29 is 9.31 Å². The summed E-state index contributed by atoms with van der Waals surface area (Å²) >= 11 is 0. The summed E-state index contributed by atoms with van der Waals surface area (Å²) in [7, 11) is 0. The van der Waals surface area contributed by atoms with Gasteiger partial charge in [0.2, 0.25) is 0 Å². The normalized spacial score (nSPS) is 11.5. The first-order valence-corrected chi connectivity index (χ1v) is 4.75. The highest BCUT2D eigenvalue weighted by atomic mass is 35.5. The second-order valence-corrected chi connectivity index (χ2v) is 3.73. The van der Waals surface area contributed by atoms with Crippen molar-refractivity contribution in [3.8, 4) is 0 Å². The predicted molar refractivity (Wildman–Crippen MR) is 66.7 cm³/mol. The summed E-state index contributed by atoms with van der Waals surface area (Å²) in [5.41, 5.74) is 6.61. The summed E-state index contributed by atoms with van der Waals surface area (Å²) in [6.45, 7) is 5.44. The van der Waals surface area contributed by atoms with Crippen LogP contribution >= 0.6 is 12.4 Å². The average Bonchev–Trinajstić information content (AvgIpc) is 2.15. The average molecular weight is 261 g/mol. The molecule has 0 aliphatic rings. The van der Waals surface area contributed by atoms with Crippen LogP contribution < -0.4 is 5.73 Å². The Kier molecular flexibility index (Phi) is 5.78. The minimum absolute atomic E-state index is 0. The van der Waals surface area contributed by atoms with E-state index in [4.69, 9.17) is 5.73 Å². The van der Waals surface area contributed by atoms with Crippen molar-refractivity contribution in [3.63, 3.8) is 0 Å². The largest absolute Gasteiger partial charge is 0.323 e. The van der Waals surface area contributed by atoms with Gasteiger partial charge in [-0.1, -0.05) is 5.57 Å². The Labute approximate surface area is 105 Å². The van der Waals surface area contributed by atoms with E-state index < -0.39 is 16.8 Å². The molecule has 0 amide bonds. The summed E-state index contributed by atoms with van der Waals surface area (Å²) < 4.78 is 13.0. The monoisotopic (exact) mass is 260 g/mol. The van der Waals surface area contributed by atoms with Crippen LogP contribution in [-0.4, -0.2) is 4.92 Å². The number of halogens is 2. The van der Waals surface area contributed by atoms with E-state index in [0.717, 1.165) is 23.8 Å². The topological polar surface area (TPSA) is 69.2 Å². The van der Waals surface area contributed by atoms with Crippen LogP contribution in [0.2, 0.25) is 0 Å². The summed E-state index contributed by atoms with van der Waals surface area (Å²) in [5, 5.41) is 10.7. The number of rotatable bonds is 4. The molecule has 0 bridgehead atoms. The van der Waals surface area contributed by atoms with Gasteiger partial charge in [0.1, 0.15) is 5.82 Å². The van der Waals surface area contributed by atoms with Gasteiger partial charge in [-0.2, -0.15) is 0 Å². The van der Waals surface area contributed by atoms with Gasteiger partial charge in [0.05, 0.1) is 4.92 Å². The highest BCUT2D eigenvalue weighted by molar-refractivity contribution is 5.85. The highest BCUT2D eigenvalue weighted by Gasteiger charge is 2.19. The Hall–Kier alpha value is -1.46. The SMILES string of the molecule is C=C(C)C[C@H](N)c1cc(F)ccc1[N+](=O)[O-].Cl. The van der Waals surface area contributed by atoms with Crippen LogP contribution in [0.5, 0.6) is 0 Å². The number of nitrogens with zero attached hydrogens (tertiary/aromatic N) is 1. The zero-order valence-electron chi connectivity index (χ0n) is 9.35. The minimum atomic E-state index is -0.603. The summed E-state index contributed by atoms with van der Waals surface area (Å²) in [6, 6.07) is 2.68. The number of nitrogens with two attached hydrogens (primary N) is 1. The summed E-state index contributed by atoms with van der Waals surface area (Å²) in [5.74, 6) is -0.530. The van der Waals surface area contributed by atoms with Crippen LogP contribution in [-0.2, 0) is 0 Å². The third-order valence-electron chi connectivity index (χ3n) is 2.15. The van der Waals surface area contributed by atoms with E-state index in [0.29, 0.717) is 6.42 Å². The molecule has 0 aliphatic heterocycles. The molecule has 1 aromatic carbocycles. The first-order valence-electron chi connectivity index (χ1n) is 4.75. The molecule has 0 saturated carbocycles. The number of nitro groups is 1. The van der Waals surface area contributed by atoms with Gasteiger partial charge in [-0.05, 0) is 25.5 Å². The molecule has 0 spiro atoms. The fourth-order valence-electron chi connectivity index (χ4n) is 1.47. The Bertz CT molecular complexity index is 437. The smallest absolute Gasteiger partial charge is 0.274 e. The van der Waals surface area contributed by atoms with Crippen molar-refractivity contribution in [1.29, 1.82) is 0 Å². The predicted octanol–water partition coefficient (Wildman–Crippen LogP) is 3.12. The molecular weight excluding hydrogens is 247 g/mol. The Morgan fingerprint density at radius 1 is 1.65 bits per heavy atom. The Morgan fingerprint density at radius 3 is 2.71 bits per heavy atom. The van der Waals surface area contributed by atoms with Crippen LogP contribution in [0.25, 0.3) is 0 Å². The molecule has 0 unspecified atom stereocenters. The van der Waals surface area contributed by atoms with E-state index in [1.165, 1.54) is 0 Å². The van der Waals surface area contributed by atoms with E-state index in [1.54, 1.807) is 6.92 Å². The molecule has 0 aromatic heterocycles. The quantitative estimate of drug-likeness (QED) is 0.514. The van der Waals surface area contributed by atoms with Crippen molar-refractivity contribution in [2.75, 3.05) is 0 Å². The van der Waals surface area contributed by atoms with Gasteiger partial charge < -0.3 is 5.73 Å². The number of hydrogen-bond acceptors (Lipinski definition) is 3. The third-order valence-corrected chi connectivity index (χ3v) is 2.15. The molecule has 94 valence electrons. The zero-order chi connectivity index (χ0) is 12.3. The van der Waals surface area contributed by atoms with Crippen LogP contribution in [0.15, 0.2) is 30.4 Å². The molecule has 4 nitrogen and oxygen atoms in total. The van der Waals surface area contributed by atoms with Gasteiger partial charge in [0, 0.05) is 17.7 Å². The van der Waals surface area contributed by atoms with Gasteiger partial charge in [-0.3, -0.25) is 10.1 Å². The summed E-state index contributed by atoms with van der Waals surface area (Å²) in [4.78, 5) is 10.2. The lowest BCUT2D eigenvalue weighted by atomic mass is 9.99. The first kappa shape index (κ1) is 15.5. The van der Waals surface area contributed by atoms with E-state index in [9.17, 15) is 14.5 Å². The van der Waals surface area contributed by atoms with Crippen molar-refractivity contribution >= 4 is 18.1 Å². The Balaban J connectivity index is 0.00000256. The molecule has 0 saturated heterocycles. The number of hydrogen-bond donors (Lipinski definition) is 1. The molecule has 1 rings (SSSR count). The molecule has 1 aromatic rings. The van der Waals surface area contributed by atoms with Crippen LogP contribution in [0.4, 0.5) is 10.1 Å². The van der Waals surface area contributed by atoms with E-state index in [1.807, 2.05) is 0 Å². The fraction of sp³-hybridized carbons (Fsp3) is 0.273. The standard InChI is InChI=1S/C11H13FN2O2.ClH/c1-7(2)5-10(13)9-6-8(12)3-4-11(9)14(15)16;/h3-4,6,10H,1,5,13H2,2H3;1H/t10-;/m0./s1. The van der Waals surface area contributed by atoms with Gasteiger partial charge in [0.15, 0.2) is 0 Å².